The SMILES string of the molecule is CC1CCCN(C(=O)CC2(C(=O)N3CCCC(C)CC3)CCNC2)CC1. The predicted octanol–water partition coefficient (Wildman–Crippen LogP) is 2.65. The molecule has 0 aromatic carbocycles. The Kier molecular flexibility index (Phi) is 6.60. The minimum absolute atomic E-state index is 0.194. The van der Waals surface area contributed by atoms with Gasteiger partial charge >= 0.3 is 0 Å². The molecule has 3 heterocycles. The van der Waals surface area contributed by atoms with Gasteiger partial charge in [-0.2, -0.15) is 0 Å². The van der Waals surface area contributed by atoms with E-state index in [9.17, 15) is 9.59 Å². The van der Waals surface area contributed by atoms with E-state index in [1.807, 2.05) is 4.90 Å². The van der Waals surface area contributed by atoms with Crippen LogP contribution in [0.2, 0.25) is 0 Å². The van der Waals surface area contributed by atoms with Crippen LogP contribution >= 0.6 is 0 Å². The first-order valence-corrected chi connectivity index (χ1v) is 10.8. The van der Waals surface area contributed by atoms with Crippen molar-refractivity contribution in [1.29, 1.82) is 0 Å². The Morgan fingerprint density at radius 2 is 1.54 bits per heavy atom. The Labute approximate surface area is 158 Å². The van der Waals surface area contributed by atoms with Gasteiger partial charge in [-0.3, -0.25) is 9.59 Å². The average molecular weight is 364 g/mol. The maximum Gasteiger partial charge on any atom is 0.230 e. The lowest BCUT2D eigenvalue weighted by molar-refractivity contribution is -0.147. The zero-order chi connectivity index (χ0) is 18.6. The highest BCUT2D eigenvalue weighted by Gasteiger charge is 2.46. The summed E-state index contributed by atoms with van der Waals surface area (Å²) in [5.74, 6) is 1.83. The standard InChI is InChI=1S/C21H37N3O2/c1-17-5-3-11-23(13-7-17)19(25)15-21(9-10-22-16-21)20(26)24-12-4-6-18(2)8-14-24/h17-18,22H,3-16H2,1-2H3. The van der Waals surface area contributed by atoms with Crippen LogP contribution in [0.1, 0.15) is 65.2 Å². The molecule has 3 aliphatic heterocycles. The smallest absolute Gasteiger partial charge is 0.230 e. The minimum Gasteiger partial charge on any atom is -0.343 e. The van der Waals surface area contributed by atoms with E-state index in [4.69, 9.17) is 0 Å². The zero-order valence-electron chi connectivity index (χ0n) is 16.8. The summed E-state index contributed by atoms with van der Waals surface area (Å²) < 4.78 is 0. The number of carbonyl (C=O) groups is 2. The van der Waals surface area contributed by atoms with Crippen molar-refractivity contribution in [2.45, 2.75) is 65.2 Å². The number of hydrogen-bond acceptors (Lipinski definition) is 3. The normalized spacial score (nSPS) is 33.6. The first-order chi connectivity index (χ1) is 12.5. The van der Waals surface area contributed by atoms with Gasteiger partial charge in [-0.25, -0.2) is 0 Å². The van der Waals surface area contributed by atoms with Gasteiger partial charge in [-0.15, -0.1) is 0 Å². The molecule has 0 aliphatic carbocycles. The largest absolute Gasteiger partial charge is 0.343 e. The Morgan fingerprint density at radius 3 is 2.15 bits per heavy atom. The molecule has 0 aromatic heterocycles. The molecule has 0 aromatic rings. The van der Waals surface area contributed by atoms with E-state index >= 15 is 0 Å². The molecule has 0 saturated carbocycles. The molecule has 0 bridgehead atoms. The second kappa shape index (κ2) is 8.73. The molecule has 5 nitrogen and oxygen atoms in total. The van der Waals surface area contributed by atoms with Crippen molar-refractivity contribution in [3.63, 3.8) is 0 Å². The molecular formula is C21H37N3O2. The van der Waals surface area contributed by atoms with E-state index in [0.29, 0.717) is 24.8 Å². The number of hydrogen-bond donors (Lipinski definition) is 1. The Balaban J connectivity index is 1.67. The van der Waals surface area contributed by atoms with E-state index in [2.05, 4.69) is 24.1 Å². The number of nitrogens with zero attached hydrogens (tertiary/aromatic N) is 2. The third kappa shape index (κ3) is 4.59. The Bertz CT molecular complexity index is 501. The van der Waals surface area contributed by atoms with E-state index in [-0.39, 0.29) is 11.8 Å². The number of carbonyl (C=O) groups excluding carboxylic acids is 2. The average Bonchev–Trinajstić information content (AvgIpc) is 2.83. The molecule has 0 spiro atoms. The van der Waals surface area contributed by atoms with Crippen LogP contribution < -0.4 is 5.32 Å². The van der Waals surface area contributed by atoms with Gasteiger partial charge in [-0.1, -0.05) is 13.8 Å². The molecule has 3 unspecified atom stereocenters. The summed E-state index contributed by atoms with van der Waals surface area (Å²) in [4.78, 5) is 30.6. The number of amides is 2. The molecule has 26 heavy (non-hydrogen) atoms. The second-order valence-electron chi connectivity index (χ2n) is 9.13. The summed E-state index contributed by atoms with van der Waals surface area (Å²) in [6.07, 6.45) is 7.97. The first-order valence-electron chi connectivity index (χ1n) is 10.8. The second-order valence-corrected chi connectivity index (χ2v) is 9.13. The summed E-state index contributed by atoms with van der Waals surface area (Å²) in [5.41, 5.74) is -0.511. The highest BCUT2D eigenvalue weighted by atomic mass is 16.2. The maximum atomic E-state index is 13.4. The molecule has 3 fully saturated rings. The van der Waals surface area contributed by atoms with Crippen LogP contribution in [0.5, 0.6) is 0 Å². The lowest BCUT2D eigenvalue weighted by atomic mass is 9.81. The lowest BCUT2D eigenvalue weighted by Crippen LogP contribution is -2.48. The van der Waals surface area contributed by atoms with E-state index in [1.54, 1.807) is 0 Å². The molecular weight excluding hydrogens is 326 g/mol. The van der Waals surface area contributed by atoms with Gasteiger partial charge < -0.3 is 15.1 Å². The van der Waals surface area contributed by atoms with Crippen LogP contribution in [0.15, 0.2) is 0 Å². The molecule has 3 aliphatic rings. The fraction of sp³-hybridized carbons (Fsp3) is 0.905. The third-order valence-corrected chi connectivity index (χ3v) is 6.86. The molecule has 0 radical (unpaired) electrons. The first kappa shape index (κ1) is 19.7. The van der Waals surface area contributed by atoms with Crippen molar-refractivity contribution in [3.05, 3.63) is 0 Å². The monoisotopic (exact) mass is 363 g/mol. The topological polar surface area (TPSA) is 52.7 Å². The van der Waals surface area contributed by atoms with Crippen LogP contribution in [-0.4, -0.2) is 60.9 Å². The fourth-order valence-electron chi connectivity index (χ4n) is 4.87. The number of nitrogens with one attached hydrogen (secondary N) is 1. The van der Waals surface area contributed by atoms with Gasteiger partial charge in [0, 0.05) is 39.1 Å². The Hall–Kier alpha value is -1.10. The molecule has 2 amide bonds. The van der Waals surface area contributed by atoms with Crippen LogP contribution in [0, 0.1) is 17.3 Å². The van der Waals surface area contributed by atoms with Crippen molar-refractivity contribution in [1.82, 2.24) is 15.1 Å². The van der Waals surface area contributed by atoms with Gasteiger partial charge in [-0.05, 0) is 63.3 Å². The summed E-state index contributed by atoms with van der Waals surface area (Å²) in [6.45, 7) is 9.51. The lowest BCUT2D eigenvalue weighted by Gasteiger charge is -2.34. The van der Waals surface area contributed by atoms with Crippen LogP contribution in [0.25, 0.3) is 0 Å². The van der Waals surface area contributed by atoms with Crippen molar-refractivity contribution in [3.8, 4) is 0 Å². The van der Waals surface area contributed by atoms with Gasteiger partial charge in [0.1, 0.15) is 0 Å². The minimum atomic E-state index is -0.511. The summed E-state index contributed by atoms with van der Waals surface area (Å²) >= 11 is 0. The van der Waals surface area contributed by atoms with Crippen molar-refractivity contribution >= 4 is 11.8 Å². The van der Waals surface area contributed by atoms with Gasteiger partial charge in [0.25, 0.3) is 0 Å². The Morgan fingerprint density at radius 1 is 0.923 bits per heavy atom. The molecule has 5 heteroatoms. The van der Waals surface area contributed by atoms with E-state index in [1.165, 1.54) is 12.8 Å². The van der Waals surface area contributed by atoms with Crippen molar-refractivity contribution < 1.29 is 9.59 Å². The highest BCUT2D eigenvalue weighted by Crippen LogP contribution is 2.34. The quantitative estimate of drug-likeness (QED) is 0.839. The van der Waals surface area contributed by atoms with Gasteiger partial charge in [0.05, 0.1) is 5.41 Å². The van der Waals surface area contributed by atoms with Crippen LogP contribution in [0.3, 0.4) is 0 Å². The molecule has 148 valence electrons. The van der Waals surface area contributed by atoms with Crippen LogP contribution in [0.4, 0.5) is 0 Å². The van der Waals surface area contributed by atoms with Crippen molar-refractivity contribution in [2.24, 2.45) is 17.3 Å². The molecule has 3 rings (SSSR count). The molecule has 3 atom stereocenters. The fourth-order valence-corrected chi connectivity index (χ4v) is 4.87. The van der Waals surface area contributed by atoms with E-state index < -0.39 is 5.41 Å². The zero-order valence-corrected chi connectivity index (χ0v) is 16.8. The third-order valence-electron chi connectivity index (χ3n) is 6.86. The summed E-state index contributed by atoms with van der Waals surface area (Å²) in [7, 11) is 0. The summed E-state index contributed by atoms with van der Waals surface area (Å²) in [5, 5.41) is 3.37. The molecule has 3 saturated heterocycles. The van der Waals surface area contributed by atoms with Crippen molar-refractivity contribution in [2.75, 3.05) is 39.3 Å². The predicted molar refractivity (Wildman–Crippen MR) is 104 cm³/mol. The highest BCUT2D eigenvalue weighted by molar-refractivity contribution is 5.89. The number of likely N-dealkylation sites (tertiary alicyclic amines) is 2. The summed E-state index contributed by atoms with van der Waals surface area (Å²) in [6, 6.07) is 0. The van der Waals surface area contributed by atoms with Crippen LogP contribution in [-0.2, 0) is 9.59 Å². The molecule has 1 N–H and O–H groups in total. The van der Waals surface area contributed by atoms with E-state index in [0.717, 1.165) is 64.8 Å². The van der Waals surface area contributed by atoms with Gasteiger partial charge in [0.15, 0.2) is 0 Å². The number of rotatable bonds is 3. The van der Waals surface area contributed by atoms with Gasteiger partial charge in [0.2, 0.25) is 11.8 Å². The maximum absolute atomic E-state index is 13.4.